The summed E-state index contributed by atoms with van der Waals surface area (Å²) in [5, 5.41) is 4.37. The number of fused-ring (bicyclic) bond motifs is 2. The molecule has 4 rings (SSSR count). The molecule has 3 aliphatic rings. The Morgan fingerprint density at radius 3 is 2.55 bits per heavy atom. The molecule has 0 aliphatic carbocycles. The number of hydrogen-bond donors (Lipinski definition) is 0. The molecule has 0 radical (unpaired) electrons. The fourth-order valence-corrected chi connectivity index (χ4v) is 4.16. The Morgan fingerprint density at radius 2 is 1.95 bits per heavy atom. The first kappa shape index (κ1) is 12.4. The maximum absolute atomic E-state index is 12.6. The van der Waals surface area contributed by atoms with Crippen molar-refractivity contribution in [1.82, 2.24) is 14.7 Å². The van der Waals surface area contributed by atoms with Gasteiger partial charge in [0, 0.05) is 31.1 Å². The van der Waals surface area contributed by atoms with Crippen LogP contribution in [0.4, 0.5) is 0 Å². The van der Waals surface area contributed by atoms with Crippen molar-refractivity contribution in [2.24, 2.45) is 0 Å². The Kier molecular flexibility index (Phi) is 3.02. The molecule has 3 fully saturated rings. The molecule has 1 aromatic heterocycles. The molecule has 3 saturated heterocycles. The minimum atomic E-state index is -0.167. The molecule has 3 atom stereocenters. The first-order chi connectivity index (χ1) is 9.83. The van der Waals surface area contributed by atoms with Crippen molar-refractivity contribution < 1.29 is 9.53 Å². The van der Waals surface area contributed by atoms with Gasteiger partial charge in [-0.1, -0.05) is 0 Å². The van der Waals surface area contributed by atoms with Crippen LogP contribution in [-0.4, -0.2) is 45.4 Å². The molecule has 2 bridgehead atoms. The van der Waals surface area contributed by atoms with E-state index in [4.69, 9.17) is 4.74 Å². The second-order valence-corrected chi connectivity index (χ2v) is 6.24. The molecule has 3 unspecified atom stereocenters. The average molecular weight is 275 g/mol. The number of aromatic nitrogens is 2. The summed E-state index contributed by atoms with van der Waals surface area (Å²) in [6.07, 6.45) is 9.99. The first-order valence-electron chi connectivity index (χ1n) is 7.76. The molecule has 1 amide bonds. The molecule has 5 heteroatoms. The molecule has 0 saturated carbocycles. The normalized spacial score (nSPS) is 36.5. The van der Waals surface area contributed by atoms with Gasteiger partial charge in [0.15, 0.2) is 0 Å². The predicted molar refractivity (Wildman–Crippen MR) is 73.1 cm³/mol. The van der Waals surface area contributed by atoms with Gasteiger partial charge < -0.3 is 9.64 Å². The molecule has 3 aliphatic heterocycles. The van der Waals surface area contributed by atoms with E-state index in [1.54, 1.807) is 0 Å². The minimum Gasteiger partial charge on any atom is -0.368 e. The van der Waals surface area contributed by atoms with E-state index in [9.17, 15) is 4.79 Å². The molecule has 5 nitrogen and oxygen atoms in total. The third-order valence-corrected chi connectivity index (χ3v) is 5.07. The summed E-state index contributed by atoms with van der Waals surface area (Å²) in [5.41, 5.74) is 0. The van der Waals surface area contributed by atoms with Crippen LogP contribution in [0.5, 0.6) is 0 Å². The lowest BCUT2D eigenvalue weighted by Gasteiger charge is -2.40. The van der Waals surface area contributed by atoms with Gasteiger partial charge in [-0.25, -0.2) is 0 Å². The quantitative estimate of drug-likeness (QED) is 0.826. The second kappa shape index (κ2) is 4.88. The van der Waals surface area contributed by atoms with Crippen LogP contribution in [0, 0.1) is 0 Å². The average Bonchev–Trinajstić information content (AvgIpc) is 3.18. The highest BCUT2D eigenvalue weighted by Crippen LogP contribution is 2.41. The van der Waals surface area contributed by atoms with Crippen molar-refractivity contribution in [3.05, 3.63) is 18.5 Å². The zero-order chi connectivity index (χ0) is 13.5. The third-order valence-electron chi connectivity index (χ3n) is 5.07. The summed E-state index contributed by atoms with van der Waals surface area (Å²) in [6.45, 7) is 0.746. The summed E-state index contributed by atoms with van der Waals surface area (Å²) in [5.74, 6) is 0.244. The summed E-state index contributed by atoms with van der Waals surface area (Å²) >= 11 is 0. The van der Waals surface area contributed by atoms with Gasteiger partial charge in [-0.15, -0.1) is 0 Å². The van der Waals surface area contributed by atoms with Crippen LogP contribution < -0.4 is 0 Å². The zero-order valence-electron chi connectivity index (χ0n) is 11.6. The predicted octanol–water partition coefficient (Wildman–Crippen LogP) is 1.76. The van der Waals surface area contributed by atoms with Crippen molar-refractivity contribution in [2.45, 2.75) is 62.8 Å². The van der Waals surface area contributed by atoms with Gasteiger partial charge in [0.05, 0.1) is 6.04 Å². The zero-order valence-corrected chi connectivity index (χ0v) is 11.6. The molecule has 4 heterocycles. The van der Waals surface area contributed by atoms with Gasteiger partial charge in [0.25, 0.3) is 5.91 Å². The number of carbonyl (C=O) groups excluding carboxylic acids is 1. The van der Waals surface area contributed by atoms with Crippen LogP contribution in [-0.2, 0) is 9.53 Å². The standard InChI is InChI=1S/C15H21N3O2/c19-15(14-3-1-8-20-14)18-11-4-5-12(18)10-13(9-11)17-7-2-6-16-17/h2,6-7,11-14H,1,3-5,8-10H2. The van der Waals surface area contributed by atoms with Crippen molar-refractivity contribution in [3.63, 3.8) is 0 Å². The summed E-state index contributed by atoms with van der Waals surface area (Å²) in [4.78, 5) is 14.8. The highest BCUT2D eigenvalue weighted by molar-refractivity contribution is 5.82. The van der Waals surface area contributed by atoms with Gasteiger partial charge in [0.2, 0.25) is 0 Å². The Balaban J connectivity index is 1.50. The monoisotopic (exact) mass is 275 g/mol. The number of nitrogens with zero attached hydrogens (tertiary/aromatic N) is 3. The van der Waals surface area contributed by atoms with E-state index in [-0.39, 0.29) is 12.0 Å². The molecule has 108 valence electrons. The summed E-state index contributed by atoms with van der Waals surface area (Å²) in [6, 6.07) is 3.21. The minimum absolute atomic E-state index is 0.167. The highest BCUT2D eigenvalue weighted by Gasteiger charge is 2.46. The van der Waals surface area contributed by atoms with Crippen LogP contribution in [0.25, 0.3) is 0 Å². The van der Waals surface area contributed by atoms with E-state index in [1.165, 1.54) is 0 Å². The molecular weight excluding hydrogens is 254 g/mol. The number of rotatable bonds is 2. The van der Waals surface area contributed by atoms with Gasteiger partial charge in [0.1, 0.15) is 6.10 Å². The lowest BCUT2D eigenvalue weighted by Crippen LogP contribution is -2.50. The van der Waals surface area contributed by atoms with Crippen LogP contribution in [0.1, 0.15) is 44.6 Å². The molecule has 20 heavy (non-hydrogen) atoms. The van der Waals surface area contributed by atoms with Crippen LogP contribution in [0.3, 0.4) is 0 Å². The van der Waals surface area contributed by atoms with E-state index >= 15 is 0 Å². The second-order valence-electron chi connectivity index (χ2n) is 6.24. The molecule has 0 N–H and O–H groups in total. The molecule has 0 aromatic carbocycles. The highest BCUT2D eigenvalue weighted by atomic mass is 16.5. The summed E-state index contributed by atoms with van der Waals surface area (Å²) < 4.78 is 7.65. The van der Waals surface area contributed by atoms with Crippen molar-refractivity contribution in [2.75, 3.05) is 6.61 Å². The van der Waals surface area contributed by atoms with E-state index in [0.29, 0.717) is 18.1 Å². The number of amides is 1. The first-order valence-corrected chi connectivity index (χ1v) is 7.76. The van der Waals surface area contributed by atoms with E-state index in [0.717, 1.165) is 45.1 Å². The Morgan fingerprint density at radius 1 is 1.15 bits per heavy atom. The number of piperidine rings is 1. The van der Waals surface area contributed by atoms with Gasteiger partial charge in [-0.3, -0.25) is 9.48 Å². The Hall–Kier alpha value is -1.36. The van der Waals surface area contributed by atoms with Gasteiger partial charge >= 0.3 is 0 Å². The van der Waals surface area contributed by atoms with Gasteiger partial charge in [-0.05, 0) is 44.6 Å². The van der Waals surface area contributed by atoms with Crippen LogP contribution in [0.2, 0.25) is 0 Å². The Bertz CT molecular complexity index is 467. The van der Waals surface area contributed by atoms with Crippen LogP contribution in [0.15, 0.2) is 18.5 Å². The molecular formula is C15H21N3O2. The SMILES string of the molecule is O=C(C1CCCO1)N1C2CCC1CC(n1cccn1)C2. The van der Waals surface area contributed by atoms with E-state index in [2.05, 4.69) is 14.7 Å². The molecule has 0 spiro atoms. The number of carbonyl (C=O) groups is 1. The van der Waals surface area contributed by atoms with Crippen molar-refractivity contribution in [3.8, 4) is 0 Å². The van der Waals surface area contributed by atoms with Gasteiger partial charge in [-0.2, -0.15) is 5.10 Å². The fourth-order valence-electron chi connectivity index (χ4n) is 4.16. The topological polar surface area (TPSA) is 47.4 Å². The fraction of sp³-hybridized carbons (Fsp3) is 0.733. The lowest BCUT2D eigenvalue weighted by molar-refractivity contribution is -0.146. The maximum Gasteiger partial charge on any atom is 0.252 e. The third kappa shape index (κ3) is 1.95. The van der Waals surface area contributed by atoms with E-state index in [1.807, 2.05) is 18.5 Å². The van der Waals surface area contributed by atoms with Crippen molar-refractivity contribution >= 4 is 5.91 Å². The van der Waals surface area contributed by atoms with Crippen LogP contribution >= 0.6 is 0 Å². The smallest absolute Gasteiger partial charge is 0.252 e. The van der Waals surface area contributed by atoms with E-state index < -0.39 is 0 Å². The largest absolute Gasteiger partial charge is 0.368 e. The number of ether oxygens (including phenoxy) is 1. The van der Waals surface area contributed by atoms with Crippen molar-refractivity contribution in [1.29, 1.82) is 0 Å². The number of hydrogen-bond acceptors (Lipinski definition) is 3. The Labute approximate surface area is 118 Å². The molecule has 1 aromatic rings. The maximum atomic E-state index is 12.6. The summed E-state index contributed by atoms with van der Waals surface area (Å²) in [7, 11) is 0. The lowest BCUT2D eigenvalue weighted by atomic mass is 9.96.